The van der Waals surface area contributed by atoms with Gasteiger partial charge in [-0.15, -0.1) is 0 Å². The van der Waals surface area contributed by atoms with Gasteiger partial charge in [-0.05, 0) is 62.9 Å². The zero-order valence-electron chi connectivity index (χ0n) is 29.0. The van der Waals surface area contributed by atoms with E-state index in [0.29, 0.717) is 17.2 Å². The molecule has 0 radical (unpaired) electrons. The maximum Gasteiger partial charge on any atom is 0.496 e. The first-order valence-electron chi connectivity index (χ1n) is 16.5. The van der Waals surface area contributed by atoms with Crippen molar-refractivity contribution in [2.45, 2.75) is 52.4 Å². The highest BCUT2D eigenvalue weighted by Crippen LogP contribution is 2.39. The lowest BCUT2D eigenvalue weighted by atomic mass is 9.86. The van der Waals surface area contributed by atoms with E-state index >= 15 is 0 Å². The number of nitrogens with zero attached hydrogens (tertiary/aromatic N) is 4. The first-order valence-corrected chi connectivity index (χ1v) is 15.0. The first kappa shape index (κ1) is 24.5. The molecule has 4 aromatic carbocycles. The summed E-state index contributed by atoms with van der Waals surface area (Å²) in [6.45, 7) is 10.7. The Kier molecular flexibility index (Phi) is 5.58. The van der Waals surface area contributed by atoms with Crippen molar-refractivity contribution >= 4 is 44.9 Å². The quantitative estimate of drug-likeness (QED) is 0.194. The van der Waals surface area contributed by atoms with E-state index < -0.39 is 6.98 Å². The van der Waals surface area contributed by atoms with Crippen LogP contribution in [0.2, 0.25) is 0 Å². The Bertz CT molecular complexity index is 2280. The molecular formula is C39H38N4O+2. The average molecular weight is 582 g/mol. The van der Waals surface area contributed by atoms with Crippen molar-refractivity contribution in [3.63, 3.8) is 0 Å². The Morgan fingerprint density at radius 2 is 1.43 bits per heavy atom. The Hall–Kier alpha value is -4.99. The van der Waals surface area contributed by atoms with Crippen molar-refractivity contribution in [1.82, 2.24) is 14.1 Å². The second kappa shape index (κ2) is 10.0. The number of para-hydroxylation sites is 3. The van der Waals surface area contributed by atoms with Gasteiger partial charge in [-0.3, -0.25) is 4.57 Å². The molecule has 3 heterocycles. The average Bonchev–Trinajstić information content (AvgIpc) is 3.57. The van der Waals surface area contributed by atoms with Crippen molar-refractivity contribution < 1.29 is 13.4 Å². The molecule has 0 unspecified atom stereocenters. The van der Waals surface area contributed by atoms with Gasteiger partial charge in [0.15, 0.2) is 6.98 Å². The molecule has 0 fully saturated rings. The molecule has 218 valence electrons. The van der Waals surface area contributed by atoms with Crippen LogP contribution in [-0.2, 0) is 10.8 Å². The third-order valence-electron chi connectivity index (χ3n) is 8.30. The monoisotopic (exact) mass is 581 g/mol. The summed E-state index contributed by atoms with van der Waals surface area (Å²) in [5.41, 5.74) is 6.21. The van der Waals surface area contributed by atoms with Gasteiger partial charge in [0, 0.05) is 41.2 Å². The second-order valence-corrected chi connectivity index (χ2v) is 13.5. The highest BCUT2D eigenvalue weighted by molar-refractivity contribution is 6.09. The van der Waals surface area contributed by atoms with E-state index in [4.69, 9.17) is 13.8 Å². The minimum Gasteiger partial charge on any atom is -0.457 e. The van der Waals surface area contributed by atoms with Gasteiger partial charge >= 0.3 is 6.01 Å². The number of benzene rings is 4. The van der Waals surface area contributed by atoms with Gasteiger partial charge in [0.05, 0.1) is 17.1 Å². The van der Waals surface area contributed by atoms with E-state index in [2.05, 4.69) is 113 Å². The molecule has 6 aromatic rings. The number of pyridine rings is 1. The fraction of sp³-hybridized carbons (Fsp3) is 0.231. The van der Waals surface area contributed by atoms with Gasteiger partial charge in [-0.25, -0.2) is 4.98 Å². The minimum absolute atomic E-state index is 0.0221. The first-order chi connectivity index (χ1) is 22.2. The van der Waals surface area contributed by atoms with E-state index in [-0.39, 0.29) is 10.8 Å². The predicted molar refractivity (Wildman–Crippen MR) is 181 cm³/mol. The van der Waals surface area contributed by atoms with Crippen LogP contribution < -0.4 is 9.31 Å². The van der Waals surface area contributed by atoms with Gasteiger partial charge < -0.3 is 4.74 Å². The summed E-state index contributed by atoms with van der Waals surface area (Å²) in [5, 5.41) is 2.26. The molecule has 1 aliphatic heterocycles. The SMILES string of the molecule is [2H]C([2H])([2H])[N+]1=C=[N+](c2cc(Oc3ccc4c5ccccc5n(-c5cc(C(C)(C)C)ccn5)c4c3)cc(C(C)(C)C)c2)c2ccccc21. The third-order valence-corrected chi connectivity index (χ3v) is 8.30. The molecule has 0 saturated heterocycles. The maximum absolute atomic E-state index is 8.11. The summed E-state index contributed by atoms with van der Waals surface area (Å²) in [6.07, 6.45) is 1.88. The lowest BCUT2D eigenvalue weighted by Crippen LogP contribution is -2.12. The van der Waals surface area contributed by atoms with E-state index in [0.717, 1.165) is 44.6 Å². The Balaban J connectivity index is 1.38. The summed E-state index contributed by atoms with van der Waals surface area (Å²) in [4.78, 5) is 4.81. The topological polar surface area (TPSA) is 33.1 Å². The van der Waals surface area contributed by atoms with Crippen LogP contribution in [0.15, 0.2) is 103 Å². The fourth-order valence-electron chi connectivity index (χ4n) is 5.86. The summed E-state index contributed by atoms with van der Waals surface area (Å²) in [6, 6.07) is 35.5. The third kappa shape index (κ3) is 4.80. The lowest BCUT2D eigenvalue weighted by molar-refractivity contribution is -0.394. The molecule has 0 N–H and O–H groups in total. The van der Waals surface area contributed by atoms with Gasteiger partial charge in [-0.2, -0.15) is 0 Å². The molecule has 5 heteroatoms. The zero-order valence-corrected chi connectivity index (χ0v) is 26.0. The molecule has 2 aromatic heterocycles. The van der Waals surface area contributed by atoms with Gasteiger partial charge in [0.25, 0.3) is 11.4 Å². The summed E-state index contributed by atoms with van der Waals surface area (Å²) >= 11 is 0. The van der Waals surface area contributed by atoms with E-state index in [1.165, 1.54) is 10.1 Å². The second-order valence-electron chi connectivity index (χ2n) is 13.5. The van der Waals surface area contributed by atoms with E-state index in [1.54, 1.807) is 10.6 Å². The number of ether oxygens (including phenoxy) is 1. The van der Waals surface area contributed by atoms with Crippen LogP contribution in [0, 0.1) is 0 Å². The largest absolute Gasteiger partial charge is 0.496 e. The van der Waals surface area contributed by atoms with Crippen LogP contribution in [0.25, 0.3) is 27.6 Å². The minimum atomic E-state index is -2.37. The van der Waals surface area contributed by atoms with Crippen LogP contribution in [0.1, 0.15) is 56.8 Å². The van der Waals surface area contributed by atoms with Crippen molar-refractivity contribution in [1.29, 1.82) is 0 Å². The number of aromatic nitrogens is 2. The Morgan fingerprint density at radius 3 is 2.20 bits per heavy atom. The van der Waals surface area contributed by atoms with Crippen molar-refractivity contribution in [3.8, 4) is 17.3 Å². The lowest BCUT2D eigenvalue weighted by Gasteiger charge is -2.20. The van der Waals surface area contributed by atoms with Gasteiger partial charge in [0.2, 0.25) is 5.69 Å². The highest BCUT2D eigenvalue weighted by Gasteiger charge is 2.33. The smallest absolute Gasteiger partial charge is 0.457 e. The molecule has 0 bridgehead atoms. The standard InChI is InChI=1S/C39H38N4O/c1-38(2,3)26-18-19-40-37(22-26)43-33-13-9-8-12-31(33)32-17-16-29(24-36(32)43)44-30-21-27(39(4,5)6)20-28(23-30)42-25-41(7)34-14-10-11-15-35(34)42/h8-24H,1-7H3/q+2/i7D3. The predicted octanol–water partition coefficient (Wildman–Crippen LogP) is 9.86. The van der Waals surface area contributed by atoms with Gasteiger partial charge in [-0.1, -0.05) is 76.4 Å². The van der Waals surface area contributed by atoms with Crippen molar-refractivity contribution in [2.75, 3.05) is 6.98 Å². The van der Waals surface area contributed by atoms with Crippen LogP contribution in [0.5, 0.6) is 11.5 Å². The molecule has 1 aliphatic rings. The van der Waals surface area contributed by atoms with Crippen molar-refractivity contribution in [2.24, 2.45) is 0 Å². The summed E-state index contributed by atoms with van der Waals surface area (Å²) in [5.74, 6) is 2.19. The highest BCUT2D eigenvalue weighted by atomic mass is 16.5. The van der Waals surface area contributed by atoms with E-state index in [9.17, 15) is 0 Å². The number of fused-ring (bicyclic) bond motifs is 4. The number of hydrogen-bond acceptors (Lipinski definition) is 2. The van der Waals surface area contributed by atoms with Crippen LogP contribution in [0.3, 0.4) is 0 Å². The number of hydrogen-bond donors (Lipinski definition) is 0. The van der Waals surface area contributed by atoms with Crippen molar-refractivity contribution in [3.05, 3.63) is 114 Å². The fourth-order valence-corrected chi connectivity index (χ4v) is 5.86. The molecule has 5 nitrogen and oxygen atoms in total. The molecule has 0 aliphatic carbocycles. The Morgan fingerprint density at radius 1 is 0.705 bits per heavy atom. The molecular weight excluding hydrogens is 540 g/mol. The van der Waals surface area contributed by atoms with Crippen LogP contribution in [0.4, 0.5) is 17.1 Å². The summed E-state index contributed by atoms with van der Waals surface area (Å²) < 4.78 is 36.2. The molecule has 44 heavy (non-hydrogen) atoms. The molecule has 0 amide bonds. The zero-order chi connectivity index (χ0) is 33.3. The van der Waals surface area contributed by atoms with Crippen LogP contribution >= 0.6 is 0 Å². The molecule has 0 spiro atoms. The molecule has 0 saturated carbocycles. The van der Waals surface area contributed by atoms with Gasteiger partial charge in [0.1, 0.15) is 21.4 Å². The Labute approximate surface area is 263 Å². The molecule has 0 atom stereocenters. The normalized spacial score (nSPS) is 14.5. The van der Waals surface area contributed by atoms with E-state index in [1.807, 2.05) is 36.5 Å². The number of rotatable bonds is 4. The summed E-state index contributed by atoms with van der Waals surface area (Å²) in [7, 11) is 0. The maximum atomic E-state index is 8.11. The van der Waals surface area contributed by atoms with Crippen LogP contribution in [-0.4, -0.2) is 27.1 Å². The molecule has 7 rings (SSSR count).